The molecule has 21 heavy (non-hydrogen) atoms. The Morgan fingerprint density at radius 2 is 2.33 bits per heavy atom. The Bertz CT molecular complexity index is 475. The first-order chi connectivity index (χ1) is 10.0. The Morgan fingerprint density at radius 1 is 1.52 bits per heavy atom. The average molecular weight is 291 g/mol. The maximum Gasteiger partial charge on any atom is 0.315 e. The third-order valence-corrected chi connectivity index (χ3v) is 4.42. The van der Waals surface area contributed by atoms with E-state index in [2.05, 4.69) is 15.6 Å². The van der Waals surface area contributed by atoms with Gasteiger partial charge in [-0.05, 0) is 37.8 Å². The van der Waals surface area contributed by atoms with E-state index in [1.165, 1.54) is 0 Å². The van der Waals surface area contributed by atoms with Crippen molar-refractivity contribution < 1.29 is 9.90 Å². The van der Waals surface area contributed by atoms with Gasteiger partial charge in [-0.1, -0.05) is 19.4 Å². The summed E-state index contributed by atoms with van der Waals surface area (Å²) < 4.78 is 0. The van der Waals surface area contributed by atoms with Gasteiger partial charge in [-0.2, -0.15) is 0 Å². The molecule has 0 aliphatic heterocycles. The highest BCUT2D eigenvalue weighted by Crippen LogP contribution is 2.37. The highest BCUT2D eigenvalue weighted by atomic mass is 16.3. The zero-order valence-electron chi connectivity index (χ0n) is 12.9. The molecule has 0 spiro atoms. The number of carbonyl (C=O) groups is 1. The summed E-state index contributed by atoms with van der Waals surface area (Å²) in [6, 6.07) is 3.91. The van der Waals surface area contributed by atoms with Gasteiger partial charge >= 0.3 is 6.03 Å². The van der Waals surface area contributed by atoms with Crippen LogP contribution in [-0.2, 0) is 6.42 Å². The minimum absolute atomic E-state index is 0.0588. The molecular weight excluding hydrogens is 266 g/mol. The van der Waals surface area contributed by atoms with E-state index in [9.17, 15) is 9.90 Å². The summed E-state index contributed by atoms with van der Waals surface area (Å²) in [6.07, 6.45) is 5.56. The fourth-order valence-corrected chi connectivity index (χ4v) is 2.84. The van der Waals surface area contributed by atoms with Crippen LogP contribution >= 0.6 is 0 Å². The molecular formula is C16H25N3O2. The second-order valence-electron chi connectivity index (χ2n) is 6.22. The number of aliphatic hydroxyl groups is 1. The van der Waals surface area contributed by atoms with Crippen LogP contribution in [0.2, 0.25) is 0 Å². The van der Waals surface area contributed by atoms with Crippen molar-refractivity contribution in [2.75, 3.05) is 13.2 Å². The molecule has 2 rings (SSSR count). The standard InChI is InChI=1S/C16H25N3O2/c1-12-5-6-13(10-18-12)7-9-17-15(21)19-14-4-3-8-16(14,2)11-20/h5-6,10,14,20H,3-4,7-9,11H2,1-2H3,(H2,17,19,21). The molecule has 2 amide bonds. The van der Waals surface area contributed by atoms with E-state index in [-0.39, 0.29) is 24.1 Å². The van der Waals surface area contributed by atoms with E-state index in [1.54, 1.807) is 0 Å². The van der Waals surface area contributed by atoms with Crippen LogP contribution < -0.4 is 10.6 Å². The Kier molecular flexibility index (Phi) is 5.17. The van der Waals surface area contributed by atoms with Gasteiger partial charge < -0.3 is 15.7 Å². The van der Waals surface area contributed by atoms with Crippen molar-refractivity contribution in [3.63, 3.8) is 0 Å². The van der Waals surface area contributed by atoms with E-state index in [1.807, 2.05) is 32.2 Å². The molecule has 116 valence electrons. The molecule has 1 heterocycles. The molecule has 2 unspecified atom stereocenters. The molecule has 1 aromatic heterocycles. The van der Waals surface area contributed by atoms with Gasteiger partial charge in [0.05, 0.1) is 6.61 Å². The maximum absolute atomic E-state index is 11.9. The normalized spacial score (nSPS) is 24.8. The first-order valence-electron chi connectivity index (χ1n) is 7.60. The van der Waals surface area contributed by atoms with Crippen LogP contribution in [0.3, 0.4) is 0 Å². The highest BCUT2D eigenvalue weighted by molar-refractivity contribution is 5.74. The first-order valence-corrected chi connectivity index (χ1v) is 7.60. The molecule has 0 aromatic carbocycles. The molecule has 0 saturated heterocycles. The van der Waals surface area contributed by atoms with Crippen molar-refractivity contribution in [1.82, 2.24) is 15.6 Å². The van der Waals surface area contributed by atoms with Gasteiger partial charge in [0.25, 0.3) is 0 Å². The second-order valence-corrected chi connectivity index (χ2v) is 6.22. The number of nitrogens with one attached hydrogen (secondary N) is 2. The van der Waals surface area contributed by atoms with Gasteiger partial charge in [-0.15, -0.1) is 0 Å². The van der Waals surface area contributed by atoms with E-state index >= 15 is 0 Å². The first kappa shape index (κ1) is 15.8. The van der Waals surface area contributed by atoms with Crippen LogP contribution in [0.1, 0.15) is 37.4 Å². The summed E-state index contributed by atoms with van der Waals surface area (Å²) in [5.74, 6) is 0. The summed E-state index contributed by atoms with van der Waals surface area (Å²) in [4.78, 5) is 16.2. The largest absolute Gasteiger partial charge is 0.396 e. The summed E-state index contributed by atoms with van der Waals surface area (Å²) in [6.45, 7) is 4.68. The number of urea groups is 1. The van der Waals surface area contributed by atoms with E-state index in [0.29, 0.717) is 6.54 Å². The smallest absolute Gasteiger partial charge is 0.315 e. The Morgan fingerprint density at radius 3 is 3.00 bits per heavy atom. The minimum Gasteiger partial charge on any atom is -0.396 e. The quantitative estimate of drug-likeness (QED) is 0.774. The molecule has 1 aromatic rings. The van der Waals surface area contributed by atoms with Crippen LogP contribution in [0.4, 0.5) is 4.79 Å². The molecule has 0 bridgehead atoms. The predicted octanol–water partition coefficient (Wildman–Crippen LogP) is 1.78. The number of aryl methyl sites for hydroxylation is 1. The predicted molar refractivity (Wildman–Crippen MR) is 82.0 cm³/mol. The molecule has 3 N–H and O–H groups in total. The fraction of sp³-hybridized carbons (Fsp3) is 0.625. The highest BCUT2D eigenvalue weighted by Gasteiger charge is 2.38. The van der Waals surface area contributed by atoms with E-state index in [4.69, 9.17) is 0 Å². The number of carbonyl (C=O) groups excluding carboxylic acids is 1. The molecule has 1 aliphatic rings. The lowest BCUT2D eigenvalue weighted by Gasteiger charge is -2.30. The monoisotopic (exact) mass is 291 g/mol. The summed E-state index contributed by atoms with van der Waals surface area (Å²) in [7, 11) is 0. The van der Waals surface area contributed by atoms with Gasteiger partial charge in [-0.3, -0.25) is 4.98 Å². The zero-order chi connectivity index (χ0) is 15.3. The van der Waals surface area contributed by atoms with Crippen LogP contribution in [0.5, 0.6) is 0 Å². The number of aromatic nitrogens is 1. The molecule has 1 saturated carbocycles. The van der Waals surface area contributed by atoms with Crippen molar-refractivity contribution in [3.05, 3.63) is 29.6 Å². The van der Waals surface area contributed by atoms with Gasteiger partial charge in [0.15, 0.2) is 0 Å². The van der Waals surface area contributed by atoms with Crippen molar-refractivity contribution in [2.45, 2.75) is 45.6 Å². The fourth-order valence-electron chi connectivity index (χ4n) is 2.84. The van der Waals surface area contributed by atoms with Crippen molar-refractivity contribution in [3.8, 4) is 0 Å². The van der Waals surface area contributed by atoms with E-state index in [0.717, 1.165) is 36.9 Å². The van der Waals surface area contributed by atoms with E-state index < -0.39 is 0 Å². The van der Waals surface area contributed by atoms with Crippen molar-refractivity contribution >= 4 is 6.03 Å². The van der Waals surface area contributed by atoms with Gasteiger partial charge in [0, 0.05) is 29.9 Å². The number of aliphatic hydroxyl groups excluding tert-OH is 1. The SMILES string of the molecule is Cc1ccc(CCNC(=O)NC2CCCC2(C)CO)cn1. The number of rotatable bonds is 5. The van der Waals surface area contributed by atoms with Crippen LogP contribution in [0, 0.1) is 12.3 Å². The summed E-state index contributed by atoms with van der Waals surface area (Å²) in [5, 5.41) is 15.3. The molecule has 5 nitrogen and oxygen atoms in total. The van der Waals surface area contributed by atoms with Crippen molar-refractivity contribution in [2.24, 2.45) is 5.41 Å². The van der Waals surface area contributed by atoms with Crippen LogP contribution in [-0.4, -0.2) is 35.3 Å². The van der Waals surface area contributed by atoms with Crippen LogP contribution in [0.15, 0.2) is 18.3 Å². The number of nitrogens with zero attached hydrogens (tertiary/aromatic N) is 1. The van der Waals surface area contributed by atoms with Gasteiger partial charge in [0.2, 0.25) is 0 Å². The lowest BCUT2D eigenvalue weighted by molar-refractivity contribution is 0.121. The summed E-state index contributed by atoms with van der Waals surface area (Å²) in [5.41, 5.74) is 1.93. The van der Waals surface area contributed by atoms with Gasteiger partial charge in [0.1, 0.15) is 0 Å². The zero-order valence-corrected chi connectivity index (χ0v) is 12.9. The second kappa shape index (κ2) is 6.89. The number of hydrogen-bond donors (Lipinski definition) is 3. The van der Waals surface area contributed by atoms with Crippen molar-refractivity contribution in [1.29, 1.82) is 0 Å². The molecule has 1 aliphatic carbocycles. The average Bonchev–Trinajstić information content (AvgIpc) is 2.83. The molecule has 1 fully saturated rings. The molecule has 0 radical (unpaired) electrons. The Balaban J connectivity index is 1.74. The molecule has 5 heteroatoms. The lowest BCUT2D eigenvalue weighted by Crippen LogP contribution is -2.48. The van der Waals surface area contributed by atoms with Gasteiger partial charge in [-0.25, -0.2) is 4.79 Å². The summed E-state index contributed by atoms with van der Waals surface area (Å²) >= 11 is 0. The Hall–Kier alpha value is -1.62. The Labute approximate surface area is 126 Å². The maximum atomic E-state index is 11.9. The third kappa shape index (κ3) is 4.17. The third-order valence-electron chi connectivity index (χ3n) is 4.42. The minimum atomic E-state index is -0.182. The van der Waals surface area contributed by atoms with Crippen LogP contribution in [0.25, 0.3) is 0 Å². The number of pyridine rings is 1. The topological polar surface area (TPSA) is 74.2 Å². The number of hydrogen-bond acceptors (Lipinski definition) is 3. The molecule has 2 atom stereocenters. The lowest BCUT2D eigenvalue weighted by atomic mass is 9.86. The number of amides is 2.